The lowest BCUT2D eigenvalue weighted by Crippen LogP contribution is -2.25. The lowest BCUT2D eigenvalue weighted by Gasteiger charge is -2.24. The summed E-state index contributed by atoms with van der Waals surface area (Å²) < 4.78 is 0. The molecule has 0 N–H and O–H groups in total. The molecule has 0 saturated carbocycles. The van der Waals surface area contributed by atoms with Crippen LogP contribution < -0.4 is 0 Å². The summed E-state index contributed by atoms with van der Waals surface area (Å²) in [6, 6.07) is 7.64. The Bertz CT molecular complexity index is 262. The molecule has 0 saturated heterocycles. The lowest BCUT2D eigenvalue weighted by atomic mass is 9.87. The van der Waals surface area contributed by atoms with Crippen molar-refractivity contribution in [3.8, 4) is 0 Å². The first-order valence-corrected chi connectivity index (χ1v) is 5.45. The fourth-order valence-electron chi connectivity index (χ4n) is 1.04. The predicted octanol–water partition coefficient (Wildman–Crippen LogP) is 4.08. The van der Waals surface area contributed by atoms with Gasteiger partial charge in [-0.1, -0.05) is 30.7 Å². The van der Waals surface area contributed by atoms with Crippen molar-refractivity contribution >= 4 is 34.8 Å². The van der Waals surface area contributed by atoms with E-state index >= 15 is 0 Å². The van der Waals surface area contributed by atoms with Gasteiger partial charge < -0.3 is 0 Å². The molecule has 0 aromatic heterocycles. The second-order valence-corrected chi connectivity index (χ2v) is 4.31. The van der Waals surface area contributed by atoms with Gasteiger partial charge >= 0.3 is 0 Å². The highest BCUT2D eigenvalue weighted by molar-refractivity contribution is 6.30. The largest absolute Gasteiger partial charge is 0.126 e. The molecule has 0 nitrogen and oxygen atoms in total. The molecule has 0 atom stereocenters. The first-order valence-electron chi connectivity index (χ1n) is 4.00. The van der Waals surface area contributed by atoms with Crippen LogP contribution in [0.2, 0.25) is 5.02 Å². The molecule has 1 aromatic carbocycles. The summed E-state index contributed by atoms with van der Waals surface area (Å²) >= 11 is 17.5. The summed E-state index contributed by atoms with van der Waals surface area (Å²) in [6.45, 7) is 2.04. The van der Waals surface area contributed by atoms with E-state index in [9.17, 15) is 0 Å². The SMILES string of the molecule is CC(CCl)(CCl)c1ccc(Cl)cc1. The van der Waals surface area contributed by atoms with Gasteiger partial charge in [0.1, 0.15) is 0 Å². The van der Waals surface area contributed by atoms with Crippen molar-refractivity contribution in [1.29, 1.82) is 0 Å². The Hall–Kier alpha value is 0.0900. The topological polar surface area (TPSA) is 0 Å². The molecule has 0 aliphatic heterocycles. The molecule has 1 rings (SSSR count). The Labute approximate surface area is 93.8 Å². The monoisotopic (exact) mass is 236 g/mol. The van der Waals surface area contributed by atoms with E-state index in [2.05, 4.69) is 0 Å². The molecule has 0 fully saturated rings. The van der Waals surface area contributed by atoms with Gasteiger partial charge in [-0.3, -0.25) is 0 Å². The average molecular weight is 238 g/mol. The van der Waals surface area contributed by atoms with Crippen molar-refractivity contribution in [2.75, 3.05) is 11.8 Å². The Morgan fingerprint density at radius 1 is 1.08 bits per heavy atom. The van der Waals surface area contributed by atoms with Crippen LogP contribution >= 0.6 is 34.8 Å². The molecule has 72 valence electrons. The highest BCUT2D eigenvalue weighted by Crippen LogP contribution is 2.27. The van der Waals surface area contributed by atoms with Gasteiger partial charge in [0.15, 0.2) is 0 Å². The van der Waals surface area contributed by atoms with Gasteiger partial charge in [0.05, 0.1) is 0 Å². The molecule has 1 aromatic rings. The van der Waals surface area contributed by atoms with E-state index < -0.39 is 0 Å². The fourth-order valence-corrected chi connectivity index (χ4v) is 1.76. The minimum atomic E-state index is -0.159. The molecular weight excluding hydrogens is 226 g/mol. The molecule has 0 aliphatic rings. The maximum atomic E-state index is 5.87. The summed E-state index contributed by atoms with van der Waals surface area (Å²) in [5.41, 5.74) is 0.968. The normalized spacial score (nSPS) is 11.7. The van der Waals surface area contributed by atoms with Crippen molar-refractivity contribution in [2.24, 2.45) is 0 Å². The van der Waals surface area contributed by atoms with Crippen LogP contribution in [-0.4, -0.2) is 11.8 Å². The van der Waals surface area contributed by atoms with Crippen LogP contribution in [0.4, 0.5) is 0 Å². The average Bonchev–Trinajstić information content (AvgIpc) is 2.18. The van der Waals surface area contributed by atoms with Crippen LogP contribution in [0.25, 0.3) is 0 Å². The molecule has 13 heavy (non-hydrogen) atoms. The predicted molar refractivity (Wildman–Crippen MR) is 60.2 cm³/mol. The Morgan fingerprint density at radius 2 is 1.54 bits per heavy atom. The van der Waals surface area contributed by atoms with Crippen molar-refractivity contribution < 1.29 is 0 Å². The summed E-state index contributed by atoms with van der Waals surface area (Å²) in [5, 5.41) is 0.732. The van der Waals surface area contributed by atoms with Gasteiger partial charge in [-0.25, -0.2) is 0 Å². The van der Waals surface area contributed by atoms with Gasteiger partial charge in [-0.15, -0.1) is 23.2 Å². The van der Waals surface area contributed by atoms with Gasteiger partial charge in [0, 0.05) is 22.2 Å². The summed E-state index contributed by atoms with van der Waals surface area (Å²) in [4.78, 5) is 0. The maximum absolute atomic E-state index is 5.87. The van der Waals surface area contributed by atoms with E-state index in [0.717, 1.165) is 10.6 Å². The summed E-state index contributed by atoms with van der Waals surface area (Å²) in [6.07, 6.45) is 0. The highest BCUT2D eigenvalue weighted by Gasteiger charge is 2.24. The van der Waals surface area contributed by atoms with E-state index in [4.69, 9.17) is 34.8 Å². The first kappa shape index (κ1) is 11.2. The maximum Gasteiger partial charge on any atom is 0.0406 e. The zero-order valence-corrected chi connectivity index (χ0v) is 9.63. The number of hydrogen-bond donors (Lipinski definition) is 0. The number of hydrogen-bond acceptors (Lipinski definition) is 0. The zero-order valence-electron chi connectivity index (χ0n) is 7.36. The number of rotatable bonds is 3. The van der Waals surface area contributed by atoms with E-state index in [-0.39, 0.29) is 5.41 Å². The van der Waals surface area contributed by atoms with Crippen molar-refractivity contribution in [3.05, 3.63) is 34.9 Å². The number of benzene rings is 1. The summed E-state index contributed by atoms with van der Waals surface area (Å²) in [7, 11) is 0. The third-order valence-corrected chi connectivity index (χ3v) is 3.56. The van der Waals surface area contributed by atoms with Crippen LogP contribution in [0.5, 0.6) is 0 Å². The molecule has 3 heteroatoms. The molecule has 0 amide bonds. The Morgan fingerprint density at radius 3 is 1.92 bits per heavy atom. The second-order valence-electron chi connectivity index (χ2n) is 3.33. The molecule has 0 aliphatic carbocycles. The smallest absolute Gasteiger partial charge is 0.0406 e. The Balaban J connectivity index is 2.99. The molecule has 0 bridgehead atoms. The number of halogens is 3. The number of alkyl halides is 2. The molecule has 0 heterocycles. The third-order valence-electron chi connectivity index (χ3n) is 2.13. The second kappa shape index (κ2) is 4.54. The first-order chi connectivity index (χ1) is 6.12. The van der Waals surface area contributed by atoms with E-state index in [1.807, 2.05) is 31.2 Å². The fraction of sp³-hybridized carbons (Fsp3) is 0.400. The van der Waals surface area contributed by atoms with Crippen LogP contribution in [0.3, 0.4) is 0 Å². The third kappa shape index (κ3) is 2.52. The summed E-state index contributed by atoms with van der Waals surface area (Å²) in [5.74, 6) is 1.02. The Kier molecular flexibility index (Phi) is 3.90. The van der Waals surface area contributed by atoms with Crippen molar-refractivity contribution in [1.82, 2.24) is 0 Å². The van der Waals surface area contributed by atoms with Gasteiger partial charge in [-0.2, -0.15) is 0 Å². The van der Waals surface area contributed by atoms with E-state index in [1.54, 1.807) is 0 Å². The van der Waals surface area contributed by atoms with Gasteiger partial charge in [-0.05, 0) is 17.7 Å². The van der Waals surface area contributed by atoms with Crippen molar-refractivity contribution in [2.45, 2.75) is 12.3 Å². The van der Waals surface area contributed by atoms with Crippen LogP contribution in [0, 0.1) is 0 Å². The molecule has 0 unspecified atom stereocenters. The van der Waals surface area contributed by atoms with E-state index in [0.29, 0.717) is 11.8 Å². The molecule has 0 radical (unpaired) electrons. The minimum absolute atomic E-state index is 0.159. The van der Waals surface area contributed by atoms with Crippen LogP contribution in [-0.2, 0) is 5.41 Å². The van der Waals surface area contributed by atoms with Crippen LogP contribution in [0.15, 0.2) is 24.3 Å². The van der Waals surface area contributed by atoms with Crippen LogP contribution in [0.1, 0.15) is 12.5 Å². The standard InChI is InChI=1S/C10H11Cl3/c1-10(6-11,7-12)8-2-4-9(13)5-3-8/h2-5H,6-7H2,1H3. The van der Waals surface area contributed by atoms with E-state index in [1.165, 1.54) is 0 Å². The van der Waals surface area contributed by atoms with Gasteiger partial charge in [0.2, 0.25) is 0 Å². The molecular formula is C10H11Cl3. The van der Waals surface area contributed by atoms with Gasteiger partial charge in [0.25, 0.3) is 0 Å². The lowest BCUT2D eigenvalue weighted by molar-refractivity contribution is 0.606. The molecule has 0 spiro atoms. The van der Waals surface area contributed by atoms with Crippen molar-refractivity contribution in [3.63, 3.8) is 0 Å². The quantitative estimate of drug-likeness (QED) is 0.695. The highest BCUT2D eigenvalue weighted by atomic mass is 35.5. The zero-order chi connectivity index (χ0) is 9.90. The minimum Gasteiger partial charge on any atom is -0.126 e.